The molecule has 0 spiro atoms. The third-order valence-corrected chi connectivity index (χ3v) is 2.49. The Kier molecular flexibility index (Phi) is 2.72. The van der Waals surface area contributed by atoms with Crippen molar-refractivity contribution in [2.24, 2.45) is 0 Å². The van der Waals surface area contributed by atoms with Gasteiger partial charge in [-0.1, -0.05) is 12.1 Å². The predicted molar refractivity (Wildman–Crippen MR) is 59.5 cm³/mol. The smallest absolute Gasteiger partial charge is 0.329 e. The highest BCUT2D eigenvalue weighted by Gasteiger charge is 2.20. The lowest BCUT2D eigenvalue weighted by molar-refractivity contribution is -0.131. The van der Waals surface area contributed by atoms with Gasteiger partial charge >= 0.3 is 5.97 Å². The van der Waals surface area contributed by atoms with Crippen molar-refractivity contribution in [3.63, 3.8) is 0 Å². The van der Waals surface area contributed by atoms with E-state index in [0.717, 1.165) is 11.8 Å². The summed E-state index contributed by atoms with van der Waals surface area (Å²) in [6, 6.07) is 7.22. The molecular formula is C12H11NO3. The SMILES string of the molecule is O=C(O)C=CN1CCC(=O)c2ccccc21. The van der Waals surface area contributed by atoms with Gasteiger partial charge in [0.15, 0.2) is 5.78 Å². The van der Waals surface area contributed by atoms with E-state index in [1.165, 1.54) is 6.20 Å². The maximum Gasteiger partial charge on any atom is 0.329 e. The van der Waals surface area contributed by atoms with Crippen LogP contribution in [0.15, 0.2) is 36.5 Å². The summed E-state index contributed by atoms with van der Waals surface area (Å²) in [5.74, 6) is -0.884. The van der Waals surface area contributed by atoms with Crippen LogP contribution in [0, 0.1) is 0 Å². The number of ketones is 1. The lowest BCUT2D eigenvalue weighted by Gasteiger charge is -2.26. The molecule has 82 valence electrons. The number of carbonyl (C=O) groups is 2. The molecule has 0 atom stereocenters. The fraction of sp³-hybridized carbons (Fsp3) is 0.167. The zero-order valence-electron chi connectivity index (χ0n) is 8.59. The number of carbonyl (C=O) groups excluding carboxylic acids is 1. The van der Waals surface area contributed by atoms with Crippen molar-refractivity contribution in [1.82, 2.24) is 0 Å². The van der Waals surface area contributed by atoms with Crippen molar-refractivity contribution in [2.45, 2.75) is 6.42 Å². The second-order valence-corrected chi connectivity index (χ2v) is 3.54. The molecule has 0 radical (unpaired) electrons. The number of rotatable bonds is 2. The Hall–Kier alpha value is -2.10. The lowest BCUT2D eigenvalue weighted by atomic mass is 10.0. The Labute approximate surface area is 92.8 Å². The lowest BCUT2D eigenvalue weighted by Crippen LogP contribution is -2.27. The Bertz CT molecular complexity index is 465. The van der Waals surface area contributed by atoms with Crippen molar-refractivity contribution in [1.29, 1.82) is 0 Å². The summed E-state index contributed by atoms with van der Waals surface area (Å²) < 4.78 is 0. The topological polar surface area (TPSA) is 57.6 Å². The summed E-state index contributed by atoms with van der Waals surface area (Å²) in [7, 11) is 0. The molecular weight excluding hydrogens is 206 g/mol. The number of aliphatic carboxylic acids is 1. The summed E-state index contributed by atoms with van der Waals surface area (Å²) in [5, 5.41) is 8.56. The molecule has 1 aliphatic rings. The molecule has 1 heterocycles. The standard InChI is InChI=1S/C12H11NO3/c14-11-5-7-13(8-6-12(15)16)10-4-2-1-3-9(10)11/h1-4,6,8H,5,7H2,(H,15,16). The number of hydrogen-bond acceptors (Lipinski definition) is 3. The number of fused-ring (bicyclic) bond motifs is 1. The van der Waals surface area contributed by atoms with Gasteiger partial charge in [0.25, 0.3) is 0 Å². The van der Waals surface area contributed by atoms with Gasteiger partial charge in [-0.2, -0.15) is 0 Å². The highest BCUT2D eigenvalue weighted by molar-refractivity contribution is 6.03. The van der Waals surface area contributed by atoms with Crippen molar-refractivity contribution < 1.29 is 14.7 Å². The molecule has 4 heteroatoms. The van der Waals surface area contributed by atoms with Gasteiger partial charge in [-0.15, -0.1) is 0 Å². The van der Waals surface area contributed by atoms with E-state index in [0.29, 0.717) is 18.5 Å². The fourth-order valence-electron chi connectivity index (χ4n) is 1.75. The highest BCUT2D eigenvalue weighted by atomic mass is 16.4. The average Bonchev–Trinajstić information content (AvgIpc) is 2.28. The zero-order chi connectivity index (χ0) is 11.5. The van der Waals surface area contributed by atoms with Crippen LogP contribution in [-0.4, -0.2) is 23.4 Å². The van der Waals surface area contributed by atoms with Crippen LogP contribution >= 0.6 is 0 Å². The van der Waals surface area contributed by atoms with Crippen LogP contribution in [0.5, 0.6) is 0 Å². The summed E-state index contributed by atoms with van der Waals surface area (Å²) >= 11 is 0. The number of carboxylic acid groups (broad SMARTS) is 1. The van der Waals surface area contributed by atoms with Crippen LogP contribution in [0.1, 0.15) is 16.8 Å². The van der Waals surface area contributed by atoms with Gasteiger partial charge in [0, 0.05) is 30.8 Å². The third-order valence-electron chi connectivity index (χ3n) is 2.49. The minimum absolute atomic E-state index is 0.107. The van der Waals surface area contributed by atoms with Gasteiger partial charge in [0.1, 0.15) is 0 Å². The average molecular weight is 217 g/mol. The number of nitrogens with zero attached hydrogens (tertiary/aromatic N) is 1. The van der Waals surface area contributed by atoms with Crippen molar-refractivity contribution >= 4 is 17.4 Å². The predicted octanol–water partition coefficient (Wildman–Crippen LogP) is 1.68. The van der Waals surface area contributed by atoms with Gasteiger partial charge in [0.2, 0.25) is 0 Å². The van der Waals surface area contributed by atoms with Crippen LogP contribution in [0.3, 0.4) is 0 Å². The van der Waals surface area contributed by atoms with Crippen molar-refractivity contribution in [2.75, 3.05) is 11.4 Å². The second kappa shape index (κ2) is 4.18. The molecule has 0 saturated carbocycles. The van der Waals surface area contributed by atoms with Crippen LogP contribution in [-0.2, 0) is 4.79 Å². The van der Waals surface area contributed by atoms with Gasteiger partial charge < -0.3 is 10.0 Å². The minimum atomic E-state index is -0.991. The number of benzene rings is 1. The molecule has 1 aromatic carbocycles. The quantitative estimate of drug-likeness (QED) is 0.766. The Morgan fingerprint density at radius 3 is 2.88 bits per heavy atom. The second-order valence-electron chi connectivity index (χ2n) is 3.54. The van der Waals surface area contributed by atoms with Crippen molar-refractivity contribution in [3.05, 3.63) is 42.1 Å². The molecule has 4 nitrogen and oxygen atoms in total. The summed E-state index contributed by atoms with van der Waals surface area (Å²) in [4.78, 5) is 23.8. The molecule has 0 amide bonds. The molecule has 0 unspecified atom stereocenters. The Morgan fingerprint density at radius 2 is 2.12 bits per heavy atom. The van der Waals surface area contributed by atoms with E-state index in [-0.39, 0.29) is 5.78 Å². The fourth-order valence-corrected chi connectivity index (χ4v) is 1.75. The van der Waals surface area contributed by atoms with Crippen LogP contribution in [0.4, 0.5) is 5.69 Å². The molecule has 1 N–H and O–H groups in total. The third kappa shape index (κ3) is 1.95. The molecule has 0 aromatic heterocycles. The van der Waals surface area contributed by atoms with E-state index in [9.17, 15) is 9.59 Å². The first-order valence-corrected chi connectivity index (χ1v) is 4.98. The number of para-hydroxylation sites is 1. The first-order valence-electron chi connectivity index (χ1n) is 4.98. The number of carboxylic acids is 1. The highest BCUT2D eigenvalue weighted by Crippen LogP contribution is 2.26. The van der Waals surface area contributed by atoms with E-state index in [1.807, 2.05) is 12.1 Å². The molecule has 1 aliphatic heterocycles. The maximum absolute atomic E-state index is 11.6. The monoisotopic (exact) mass is 217 g/mol. The van der Waals surface area contributed by atoms with E-state index < -0.39 is 5.97 Å². The Morgan fingerprint density at radius 1 is 1.38 bits per heavy atom. The number of anilines is 1. The van der Waals surface area contributed by atoms with Gasteiger partial charge in [0.05, 0.1) is 5.69 Å². The van der Waals surface area contributed by atoms with Gasteiger partial charge in [-0.3, -0.25) is 4.79 Å². The molecule has 0 saturated heterocycles. The molecule has 1 aromatic rings. The van der Waals surface area contributed by atoms with Crippen LogP contribution in [0.25, 0.3) is 0 Å². The zero-order valence-corrected chi connectivity index (χ0v) is 8.59. The van der Waals surface area contributed by atoms with E-state index in [1.54, 1.807) is 17.0 Å². The molecule has 2 rings (SSSR count). The molecule has 0 bridgehead atoms. The first-order chi connectivity index (χ1) is 7.68. The van der Waals surface area contributed by atoms with E-state index in [2.05, 4.69) is 0 Å². The maximum atomic E-state index is 11.6. The van der Waals surface area contributed by atoms with E-state index >= 15 is 0 Å². The van der Waals surface area contributed by atoms with Crippen LogP contribution < -0.4 is 4.90 Å². The molecule has 0 fully saturated rings. The van der Waals surface area contributed by atoms with Gasteiger partial charge in [-0.05, 0) is 12.1 Å². The molecule has 0 aliphatic carbocycles. The summed E-state index contributed by atoms with van der Waals surface area (Å²) in [5.41, 5.74) is 1.43. The normalized spacial score (nSPS) is 15.2. The van der Waals surface area contributed by atoms with E-state index in [4.69, 9.17) is 5.11 Å². The van der Waals surface area contributed by atoms with Crippen molar-refractivity contribution in [3.8, 4) is 0 Å². The minimum Gasteiger partial charge on any atom is -0.478 e. The molecule has 16 heavy (non-hydrogen) atoms. The number of hydrogen-bond donors (Lipinski definition) is 1. The summed E-state index contributed by atoms with van der Waals surface area (Å²) in [6.07, 6.45) is 2.99. The Balaban J connectivity index is 2.35. The first kappa shape index (κ1) is 10.4. The van der Waals surface area contributed by atoms with Crippen LogP contribution in [0.2, 0.25) is 0 Å². The van der Waals surface area contributed by atoms with Gasteiger partial charge in [-0.25, -0.2) is 4.79 Å². The number of Topliss-reactive ketones (excluding diaryl/α,β-unsaturated/α-hetero) is 1. The largest absolute Gasteiger partial charge is 0.478 e. The summed E-state index contributed by atoms with van der Waals surface area (Å²) in [6.45, 7) is 0.527.